The van der Waals surface area contributed by atoms with Gasteiger partial charge in [0.05, 0.1) is 23.5 Å². The minimum atomic E-state index is -1.03. The number of carbonyl (C=O) groups excluding carboxylic acids is 4. The molecular formula is C31H39N3O4. The highest BCUT2D eigenvalue weighted by Crippen LogP contribution is 2.28. The van der Waals surface area contributed by atoms with Crippen LogP contribution in [0.2, 0.25) is 0 Å². The molecule has 7 nitrogen and oxygen atoms in total. The lowest BCUT2D eigenvalue weighted by atomic mass is 9.83. The molecule has 2 saturated heterocycles. The molecule has 202 valence electrons. The summed E-state index contributed by atoms with van der Waals surface area (Å²) >= 11 is 0. The van der Waals surface area contributed by atoms with Crippen LogP contribution in [0.25, 0.3) is 0 Å². The average Bonchev–Trinajstić information content (AvgIpc) is 3.62. The molecule has 2 fully saturated rings. The summed E-state index contributed by atoms with van der Waals surface area (Å²) in [4.78, 5) is 54.9. The Labute approximate surface area is 225 Å². The van der Waals surface area contributed by atoms with E-state index in [1.54, 1.807) is 18.7 Å². The van der Waals surface area contributed by atoms with Gasteiger partial charge in [-0.15, -0.1) is 0 Å². The Hall–Kier alpha value is -3.32. The number of benzene rings is 2. The maximum atomic E-state index is 13.5. The van der Waals surface area contributed by atoms with Crippen molar-refractivity contribution in [2.45, 2.75) is 76.9 Å². The minimum absolute atomic E-state index is 0.00459. The van der Waals surface area contributed by atoms with Crippen molar-refractivity contribution in [2.75, 3.05) is 13.1 Å². The molecule has 0 radical (unpaired) electrons. The van der Waals surface area contributed by atoms with Crippen molar-refractivity contribution in [1.82, 2.24) is 15.5 Å². The van der Waals surface area contributed by atoms with Gasteiger partial charge in [-0.05, 0) is 49.8 Å². The third-order valence-electron chi connectivity index (χ3n) is 7.69. The largest absolute Gasteiger partial charge is 0.345 e. The number of carbonyl (C=O) groups is 4. The van der Waals surface area contributed by atoms with Gasteiger partial charge in [-0.1, -0.05) is 74.5 Å². The molecular weight excluding hydrogens is 478 g/mol. The summed E-state index contributed by atoms with van der Waals surface area (Å²) in [5.41, 5.74) is 0.817. The quantitative estimate of drug-likeness (QED) is 0.477. The number of nitrogens with one attached hydrogen (secondary N) is 2. The summed E-state index contributed by atoms with van der Waals surface area (Å²) < 4.78 is 0. The summed E-state index contributed by atoms with van der Waals surface area (Å²) in [5, 5.41) is 6.20. The van der Waals surface area contributed by atoms with E-state index in [0.717, 1.165) is 36.9 Å². The van der Waals surface area contributed by atoms with Crippen LogP contribution in [0.1, 0.15) is 57.1 Å². The van der Waals surface area contributed by atoms with Crippen LogP contribution < -0.4 is 10.6 Å². The topological polar surface area (TPSA) is 95.6 Å². The van der Waals surface area contributed by atoms with Crippen molar-refractivity contribution < 1.29 is 19.2 Å². The molecule has 2 amide bonds. The van der Waals surface area contributed by atoms with Gasteiger partial charge in [0.2, 0.25) is 11.8 Å². The fraction of sp³-hybridized carbons (Fsp3) is 0.484. The number of amides is 2. The Morgan fingerprint density at radius 1 is 0.947 bits per heavy atom. The predicted octanol–water partition coefficient (Wildman–Crippen LogP) is 3.25. The van der Waals surface area contributed by atoms with Crippen LogP contribution >= 0.6 is 0 Å². The van der Waals surface area contributed by atoms with Gasteiger partial charge in [-0.3, -0.25) is 19.2 Å². The molecule has 2 heterocycles. The van der Waals surface area contributed by atoms with Crippen molar-refractivity contribution in [3.8, 4) is 0 Å². The highest BCUT2D eigenvalue weighted by Gasteiger charge is 2.41. The highest BCUT2D eigenvalue weighted by molar-refractivity contribution is 5.97. The van der Waals surface area contributed by atoms with Gasteiger partial charge in [0.1, 0.15) is 0 Å². The van der Waals surface area contributed by atoms with Crippen LogP contribution in [0.4, 0.5) is 0 Å². The number of ketones is 2. The molecule has 7 heteroatoms. The van der Waals surface area contributed by atoms with E-state index in [9.17, 15) is 19.2 Å². The van der Waals surface area contributed by atoms with E-state index in [2.05, 4.69) is 10.6 Å². The minimum Gasteiger partial charge on any atom is -0.345 e. The first-order chi connectivity index (χ1) is 18.2. The van der Waals surface area contributed by atoms with Crippen LogP contribution in [-0.2, 0) is 32.0 Å². The van der Waals surface area contributed by atoms with Crippen LogP contribution in [0.15, 0.2) is 60.7 Å². The number of Topliss-reactive ketones (excluding diaryl/α,β-unsaturated/α-hetero) is 2. The first-order valence-electron chi connectivity index (χ1n) is 13.7. The summed E-state index contributed by atoms with van der Waals surface area (Å²) in [6, 6.07) is 17.7. The van der Waals surface area contributed by atoms with Gasteiger partial charge in [0.25, 0.3) is 0 Å². The predicted molar refractivity (Wildman–Crippen MR) is 146 cm³/mol. The third-order valence-corrected chi connectivity index (χ3v) is 7.69. The van der Waals surface area contributed by atoms with Gasteiger partial charge in [0, 0.05) is 19.4 Å². The van der Waals surface area contributed by atoms with Crippen LogP contribution in [0.5, 0.6) is 0 Å². The van der Waals surface area contributed by atoms with E-state index in [-0.39, 0.29) is 42.3 Å². The second-order valence-electron chi connectivity index (χ2n) is 11.2. The van der Waals surface area contributed by atoms with Crippen molar-refractivity contribution in [3.05, 3.63) is 71.8 Å². The molecule has 4 rings (SSSR count). The second-order valence-corrected chi connectivity index (χ2v) is 11.2. The summed E-state index contributed by atoms with van der Waals surface area (Å²) in [5.74, 6) is -0.507. The zero-order chi connectivity index (χ0) is 27.1. The summed E-state index contributed by atoms with van der Waals surface area (Å²) in [6.07, 6.45) is 3.77. The van der Waals surface area contributed by atoms with Crippen LogP contribution in [0, 0.1) is 5.41 Å². The van der Waals surface area contributed by atoms with E-state index in [1.165, 1.54) is 0 Å². The lowest BCUT2D eigenvalue weighted by Crippen LogP contribution is -2.51. The molecule has 0 bridgehead atoms. The van der Waals surface area contributed by atoms with E-state index in [4.69, 9.17) is 0 Å². The normalized spacial score (nSPS) is 20.2. The van der Waals surface area contributed by atoms with Crippen LogP contribution in [-0.4, -0.2) is 59.5 Å². The van der Waals surface area contributed by atoms with Crippen molar-refractivity contribution in [1.29, 1.82) is 0 Å². The highest BCUT2D eigenvalue weighted by atomic mass is 16.2. The van der Waals surface area contributed by atoms with Crippen molar-refractivity contribution >= 4 is 23.4 Å². The fourth-order valence-corrected chi connectivity index (χ4v) is 5.46. The lowest BCUT2D eigenvalue weighted by molar-refractivity contribution is -0.141. The zero-order valence-corrected chi connectivity index (χ0v) is 22.4. The summed E-state index contributed by atoms with van der Waals surface area (Å²) in [6.45, 7) is 4.87. The zero-order valence-electron chi connectivity index (χ0n) is 22.4. The Morgan fingerprint density at radius 3 is 2.24 bits per heavy atom. The Balaban J connectivity index is 1.43. The number of hydrogen-bond donors (Lipinski definition) is 2. The van der Waals surface area contributed by atoms with Crippen LogP contribution in [0.3, 0.4) is 0 Å². The average molecular weight is 518 g/mol. The maximum Gasteiger partial charge on any atom is 0.240 e. The maximum absolute atomic E-state index is 13.5. The van der Waals surface area contributed by atoms with Gasteiger partial charge < -0.3 is 15.5 Å². The standard InChI is InChI=1S/C31H39N3O4/c1-31(2,21-28(36)26-16-10-18-34(26)29(37)24-15-9-17-32-24)30(38)33-25(19-22-11-5-3-6-12-22)27(35)20-23-13-7-4-8-14-23/h3-8,11-14,24-26,32H,9-10,15-21H2,1-2H3,(H,33,38)/t24-,25?,26?/m0/s1. The number of rotatable bonds is 11. The number of likely N-dealkylation sites (tertiary alicyclic amines) is 1. The summed E-state index contributed by atoms with van der Waals surface area (Å²) in [7, 11) is 0. The van der Waals surface area contributed by atoms with E-state index in [0.29, 0.717) is 19.4 Å². The fourth-order valence-electron chi connectivity index (χ4n) is 5.46. The molecule has 2 aromatic carbocycles. The van der Waals surface area contributed by atoms with Gasteiger partial charge in [-0.2, -0.15) is 0 Å². The SMILES string of the molecule is CC(C)(CC(=O)C1CCCN1C(=O)[C@@H]1CCCN1)C(=O)NC(Cc1ccccc1)C(=O)Cc1ccccc1. The number of hydrogen-bond acceptors (Lipinski definition) is 5. The molecule has 2 N–H and O–H groups in total. The molecule has 0 aromatic heterocycles. The Morgan fingerprint density at radius 2 is 1.61 bits per heavy atom. The lowest BCUT2D eigenvalue weighted by Gasteiger charge is -2.30. The van der Waals surface area contributed by atoms with Crippen molar-refractivity contribution in [3.63, 3.8) is 0 Å². The van der Waals surface area contributed by atoms with E-state index >= 15 is 0 Å². The first-order valence-corrected chi connectivity index (χ1v) is 13.7. The molecule has 0 aliphatic carbocycles. The van der Waals surface area contributed by atoms with Crippen molar-refractivity contribution in [2.24, 2.45) is 5.41 Å². The smallest absolute Gasteiger partial charge is 0.240 e. The second kappa shape index (κ2) is 12.5. The molecule has 2 aliphatic rings. The first kappa shape index (κ1) is 27.7. The molecule has 0 spiro atoms. The third kappa shape index (κ3) is 6.95. The molecule has 2 aromatic rings. The molecule has 38 heavy (non-hydrogen) atoms. The Kier molecular flexibility index (Phi) is 9.10. The molecule has 2 aliphatic heterocycles. The van der Waals surface area contributed by atoms with Gasteiger partial charge >= 0.3 is 0 Å². The molecule has 2 unspecified atom stereocenters. The monoisotopic (exact) mass is 517 g/mol. The number of nitrogens with zero attached hydrogens (tertiary/aromatic N) is 1. The Bertz CT molecular complexity index is 1130. The molecule has 0 saturated carbocycles. The molecule has 3 atom stereocenters. The van der Waals surface area contributed by atoms with Gasteiger partial charge in [0.15, 0.2) is 11.6 Å². The van der Waals surface area contributed by atoms with E-state index < -0.39 is 17.5 Å². The van der Waals surface area contributed by atoms with Gasteiger partial charge in [-0.25, -0.2) is 0 Å². The van der Waals surface area contributed by atoms with E-state index in [1.807, 2.05) is 60.7 Å².